The van der Waals surface area contributed by atoms with Crippen LogP contribution in [-0.2, 0) is 12.0 Å². The van der Waals surface area contributed by atoms with E-state index in [-0.39, 0.29) is 16.7 Å². The van der Waals surface area contributed by atoms with Crippen molar-refractivity contribution in [1.29, 1.82) is 5.26 Å². The molecular formula is C20H17F5N5OS+. The summed E-state index contributed by atoms with van der Waals surface area (Å²) in [5, 5.41) is 20.1. The summed E-state index contributed by atoms with van der Waals surface area (Å²) >= 11 is 1.42. The standard InChI is InChI=1S/C20H17F5N5OS/c1-2-32-16-5-12(18(9-26)3-4-18)8-30(31)17(16)14-6-13-15(7-27-14)29(11-28-13)10-19(21,22)20(23,24)25/h5-8,11,31H,2-4,10H2,1H3/q+1. The molecule has 3 aromatic heterocycles. The van der Waals surface area contributed by atoms with Crippen molar-refractivity contribution in [2.45, 2.75) is 48.7 Å². The highest BCUT2D eigenvalue weighted by molar-refractivity contribution is 7.99. The molecule has 0 spiro atoms. The van der Waals surface area contributed by atoms with E-state index in [1.54, 1.807) is 0 Å². The van der Waals surface area contributed by atoms with Gasteiger partial charge in [-0.15, -0.1) is 11.8 Å². The van der Waals surface area contributed by atoms with Gasteiger partial charge >= 0.3 is 12.1 Å². The summed E-state index contributed by atoms with van der Waals surface area (Å²) in [6.45, 7) is 0.301. The Morgan fingerprint density at radius 3 is 2.56 bits per heavy atom. The predicted molar refractivity (Wildman–Crippen MR) is 104 cm³/mol. The summed E-state index contributed by atoms with van der Waals surface area (Å²) in [5.74, 6) is -4.26. The SMILES string of the molecule is CCSc1cc(C2(C#N)CC2)c[n+](O)c1-c1cc2ncn(CC(F)(F)C(F)(F)F)c2cn1. The fourth-order valence-corrected chi connectivity index (χ4v) is 4.29. The maximum absolute atomic E-state index is 13.5. The quantitative estimate of drug-likeness (QED) is 0.249. The number of hydrogen-bond donors (Lipinski definition) is 1. The largest absolute Gasteiger partial charge is 0.455 e. The summed E-state index contributed by atoms with van der Waals surface area (Å²) in [5.41, 5.74) is 0.793. The maximum atomic E-state index is 13.5. The maximum Gasteiger partial charge on any atom is 0.455 e. The highest BCUT2D eigenvalue weighted by atomic mass is 32.2. The zero-order chi connectivity index (χ0) is 23.3. The smallest absolute Gasteiger partial charge is 0.323 e. The van der Waals surface area contributed by atoms with E-state index in [0.29, 0.717) is 39.3 Å². The first kappa shape index (κ1) is 22.3. The van der Waals surface area contributed by atoms with E-state index in [0.717, 1.165) is 17.3 Å². The first-order valence-corrected chi connectivity index (χ1v) is 10.6. The first-order valence-electron chi connectivity index (χ1n) is 9.60. The molecule has 1 aliphatic carbocycles. The molecule has 1 fully saturated rings. The van der Waals surface area contributed by atoms with Crippen LogP contribution in [0.2, 0.25) is 0 Å². The molecule has 1 N–H and O–H groups in total. The zero-order valence-corrected chi connectivity index (χ0v) is 17.5. The van der Waals surface area contributed by atoms with E-state index in [1.807, 2.05) is 13.0 Å². The average Bonchev–Trinajstić information content (AvgIpc) is 3.43. The third-order valence-corrected chi connectivity index (χ3v) is 6.27. The molecule has 1 aliphatic rings. The molecule has 0 amide bonds. The van der Waals surface area contributed by atoms with Crippen LogP contribution in [0.4, 0.5) is 22.0 Å². The second-order valence-corrected chi connectivity index (χ2v) is 8.85. The topological polar surface area (TPSA) is 78.6 Å². The minimum Gasteiger partial charge on any atom is -0.323 e. The molecule has 168 valence electrons. The van der Waals surface area contributed by atoms with Crippen molar-refractivity contribution < 1.29 is 31.9 Å². The fourth-order valence-electron chi connectivity index (χ4n) is 3.43. The van der Waals surface area contributed by atoms with Crippen molar-refractivity contribution in [3.63, 3.8) is 0 Å². The van der Waals surface area contributed by atoms with Crippen LogP contribution < -0.4 is 4.73 Å². The Hall–Kier alpha value is -2.94. The fraction of sp³-hybridized carbons (Fsp3) is 0.400. The Kier molecular flexibility index (Phi) is 5.27. The van der Waals surface area contributed by atoms with Gasteiger partial charge < -0.3 is 4.57 Å². The molecule has 1 saturated carbocycles. The number of hydrogen-bond acceptors (Lipinski definition) is 5. The monoisotopic (exact) mass is 470 g/mol. The van der Waals surface area contributed by atoms with Crippen LogP contribution in [-0.4, -0.2) is 37.6 Å². The Morgan fingerprint density at radius 1 is 1.25 bits per heavy atom. The number of nitriles is 1. The number of alkyl halides is 5. The molecule has 12 heteroatoms. The van der Waals surface area contributed by atoms with Crippen molar-refractivity contribution >= 4 is 22.8 Å². The van der Waals surface area contributed by atoms with Crippen LogP contribution in [0.5, 0.6) is 0 Å². The van der Waals surface area contributed by atoms with Gasteiger partial charge in [0.25, 0.3) is 5.69 Å². The van der Waals surface area contributed by atoms with Crippen LogP contribution in [0.15, 0.2) is 35.7 Å². The Bertz CT molecular complexity index is 1230. The van der Waals surface area contributed by atoms with E-state index in [9.17, 15) is 32.4 Å². The summed E-state index contributed by atoms with van der Waals surface area (Å²) < 4.78 is 66.2. The number of pyridine rings is 2. The van der Waals surface area contributed by atoms with Crippen LogP contribution in [0.25, 0.3) is 22.4 Å². The van der Waals surface area contributed by atoms with E-state index in [2.05, 4.69) is 16.0 Å². The minimum atomic E-state index is -5.68. The lowest BCUT2D eigenvalue weighted by molar-refractivity contribution is -0.897. The summed E-state index contributed by atoms with van der Waals surface area (Å²) in [6, 6.07) is 5.51. The van der Waals surface area contributed by atoms with Gasteiger partial charge in [-0.1, -0.05) is 6.92 Å². The molecule has 0 unspecified atom stereocenters. The van der Waals surface area contributed by atoms with Crippen LogP contribution >= 0.6 is 11.8 Å². The molecule has 0 atom stereocenters. The number of nitrogens with zero attached hydrogens (tertiary/aromatic N) is 5. The van der Waals surface area contributed by atoms with Crippen molar-refractivity contribution in [3.05, 3.63) is 36.4 Å². The van der Waals surface area contributed by atoms with Gasteiger partial charge in [-0.25, -0.2) is 9.97 Å². The Labute approximate surface area is 183 Å². The van der Waals surface area contributed by atoms with Gasteiger partial charge in [0.05, 0.1) is 46.5 Å². The van der Waals surface area contributed by atoms with E-state index >= 15 is 0 Å². The molecule has 3 heterocycles. The molecule has 0 aromatic carbocycles. The van der Waals surface area contributed by atoms with E-state index < -0.39 is 24.1 Å². The zero-order valence-electron chi connectivity index (χ0n) is 16.7. The number of halogens is 5. The molecule has 0 bridgehead atoms. The molecule has 0 aliphatic heterocycles. The van der Waals surface area contributed by atoms with Crippen molar-refractivity contribution in [2.24, 2.45) is 0 Å². The van der Waals surface area contributed by atoms with Gasteiger partial charge in [-0.3, -0.25) is 5.21 Å². The van der Waals surface area contributed by atoms with E-state index in [4.69, 9.17) is 0 Å². The normalized spacial score (nSPS) is 15.7. The number of fused-ring (bicyclic) bond motifs is 1. The lowest BCUT2D eigenvalue weighted by Crippen LogP contribution is -2.40. The Balaban J connectivity index is 1.75. The second kappa shape index (κ2) is 7.58. The Morgan fingerprint density at radius 2 is 1.97 bits per heavy atom. The molecule has 6 nitrogen and oxygen atoms in total. The number of imidazole rings is 1. The molecule has 32 heavy (non-hydrogen) atoms. The summed E-state index contributed by atoms with van der Waals surface area (Å²) in [4.78, 5) is 8.78. The highest BCUT2D eigenvalue weighted by Crippen LogP contribution is 2.48. The van der Waals surface area contributed by atoms with Gasteiger partial charge in [-0.05, 0) is 30.7 Å². The van der Waals surface area contributed by atoms with Gasteiger partial charge in [0, 0.05) is 10.3 Å². The van der Waals surface area contributed by atoms with Gasteiger partial charge in [0.2, 0.25) is 6.20 Å². The molecule has 3 aromatic rings. The van der Waals surface area contributed by atoms with E-state index in [1.165, 1.54) is 24.0 Å². The third-order valence-electron chi connectivity index (χ3n) is 5.36. The van der Waals surface area contributed by atoms with Crippen molar-refractivity contribution in [2.75, 3.05) is 5.75 Å². The molecule has 0 radical (unpaired) electrons. The highest BCUT2D eigenvalue weighted by Gasteiger charge is 2.57. The lowest BCUT2D eigenvalue weighted by Gasteiger charge is -2.20. The van der Waals surface area contributed by atoms with Gasteiger partial charge in [0.1, 0.15) is 5.69 Å². The van der Waals surface area contributed by atoms with Crippen molar-refractivity contribution in [3.8, 4) is 17.5 Å². The first-order chi connectivity index (χ1) is 15.0. The second-order valence-electron chi connectivity index (χ2n) is 7.55. The number of thioether (sulfide) groups is 1. The van der Waals surface area contributed by atoms with Crippen LogP contribution in [0.3, 0.4) is 0 Å². The summed E-state index contributed by atoms with van der Waals surface area (Å²) in [7, 11) is 0. The summed E-state index contributed by atoms with van der Waals surface area (Å²) in [6.07, 6.45) is -0.796. The number of aromatic nitrogens is 4. The predicted octanol–water partition coefficient (Wildman–Crippen LogP) is 4.49. The van der Waals surface area contributed by atoms with Gasteiger partial charge in [0.15, 0.2) is 0 Å². The van der Waals surface area contributed by atoms with Crippen LogP contribution in [0.1, 0.15) is 25.3 Å². The minimum absolute atomic E-state index is 0.00453. The average molecular weight is 470 g/mol. The van der Waals surface area contributed by atoms with Gasteiger partial charge in [-0.2, -0.15) is 27.2 Å². The third kappa shape index (κ3) is 3.74. The molecular weight excluding hydrogens is 453 g/mol. The van der Waals surface area contributed by atoms with Crippen molar-refractivity contribution in [1.82, 2.24) is 14.5 Å². The molecule has 4 rings (SSSR count). The van der Waals surface area contributed by atoms with Crippen LogP contribution in [0, 0.1) is 11.3 Å². The molecule has 0 saturated heterocycles. The number of rotatable bonds is 6. The lowest BCUT2D eigenvalue weighted by atomic mass is 9.99.